The van der Waals surface area contributed by atoms with Crippen molar-refractivity contribution in [1.29, 1.82) is 0 Å². The second-order valence-electron chi connectivity index (χ2n) is 8.68. The number of amides is 1. The van der Waals surface area contributed by atoms with Crippen molar-refractivity contribution < 1.29 is 14.3 Å². The molecule has 3 aromatic rings. The molecule has 8 nitrogen and oxygen atoms in total. The molecule has 34 heavy (non-hydrogen) atoms. The standard InChI is InChI=1S/C25H31N5O3.ClH/c1-16-24-21(29-28-16)13-18(15-23(24)33-19-5-11-32-12-6-19)17-3-4-20(25(31)26-2)22(14-17)30-9-7-27-8-10-30;/h3-4,13-15,19,27H,5-12H2,1-2H3,(H,26,31)(H,28,29);1H. The molecule has 9 heteroatoms. The Kier molecular flexibility index (Phi) is 7.60. The van der Waals surface area contributed by atoms with Crippen molar-refractivity contribution >= 4 is 34.9 Å². The van der Waals surface area contributed by atoms with Crippen LogP contribution in [0.4, 0.5) is 5.69 Å². The molecule has 0 aliphatic carbocycles. The lowest BCUT2D eigenvalue weighted by molar-refractivity contribution is 0.0262. The minimum Gasteiger partial charge on any atom is -0.489 e. The summed E-state index contributed by atoms with van der Waals surface area (Å²) in [6, 6.07) is 10.3. The zero-order chi connectivity index (χ0) is 22.8. The van der Waals surface area contributed by atoms with Gasteiger partial charge in [-0.2, -0.15) is 5.10 Å². The van der Waals surface area contributed by atoms with Crippen LogP contribution in [-0.2, 0) is 4.74 Å². The smallest absolute Gasteiger partial charge is 0.253 e. The third-order valence-corrected chi connectivity index (χ3v) is 6.53. The molecule has 2 aromatic carbocycles. The Morgan fingerprint density at radius 2 is 1.91 bits per heavy atom. The highest BCUT2D eigenvalue weighted by Gasteiger charge is 2.21. The number of carbonyl (C=O) groups excluding carboxylic acids is 1. The lowest BCUT2D eigenvalue weighted by Crippen LogP contribution is -2.44. The molecule has 2 aliphatic rings. The third kappa shape index (κ3) is 4.85. The van der Waals surface area contributed by atoms with E-state index in [2.05, 4.69) is 43.9 Å². The SMILES string of the molecule is CNC(=O)c1ccc(-c2cc(OC3CCOCC3)c3c(C)n[nH]c3c2)cc1N1CCNCC1.Cl. The Morgan fingerprint density at radius 1 is 1.15 bits per heavy atom. The molecular formula is C25H32ClN5O3. The molecule has 1 aromatic heterocycles. The minimum absolute atomic E-state index is 0. The Bertz CT molecular complexity index is 1150. The summed E-state index contributed by atoms with van der Waals surface area (Å²) >= 11 is 0. The van der Waals surface area contributed by atoms with Crippen LogP contribution in [0.2, 0.25) is 0 Å². The van der Waals surface area contributed by atoms with Gasteiger partial charge in [0.1, 0.15) is 11.9 Å². The molecule has 2 fully saturated rings. The predicted octanol–water partition coefficient (Wildman–Crippen LogP) is 3.29. The van der Waals surface area contributed by atoms with E-state index in [-0.39, 0.29) is 24.4 Å². The number of piperazine rings is 1. The molecule has 5 rings (SSSR count). The fraction of sp³-hybridized carbons (Fsp3) is 0.440. The summed E-state index contributed by atoms with van der Waals surface area (Å²) in [4.78, 5) is 14.9. The first kappa shape index (κ1) is 24.3. The number of rotatable bonds is 5. The van der Waals surface area contributed by atoms with Gasteiger partial charge in [-0.15, -0.1) is 12.4 Å². The number of nitrogens with one attached hydrogen (secondary N) is 3. The van der Waals surface area contributed by atoms with Gasteiger partial charge < -0.3 is 25.0 Å². The average Bonchev–Trinajstić information content (AvgIpc) is 3.25. The molecule has 182 valence electrons. The number of ether oxygens (including phenoxy) is 2. The molecule has 3 heterocycles. The maximum atomic E-state index is 12.6. The molecule has 0 radical (unpaired) electrons. The molecule has 0 bridgehead atoms. The van der Waals surface area contributed by atoms with E-state index in [9.17, 15) is 4.79 Å². The Balaban J connectivity index is 0.00000274. The van der Waals surface area contributed by atoms with E-state index in [1.54, 1.807) is 7.05 Å². The number of H-pyrrole nitrogens is 1. The van der Waals surface area contributed by atoms with Crippen LogP contribution in [0.5, 0.6) is 5.75 Å². The Labute approximate surface area is 205 Å². The average molecular weight is 486 g/mol. The van der Waals surface area contributed by atoms with Crippen LogP contribution < -0.4 is 20.3 Å². The van der Waals surface area contributed by atoms with Gasteiger partial charge in [0, 0.05) is 46.1 Å². The van der Waals surface area contributed by atoms with Crippen molar-refractivity contribution in [3.05, 3.63) is 41.6 Å². The van der Waals surface area contributed by atoms with E-state index in [0.29, 0.717) is 5.56 Å². The number of carbonyl (C=O) groups is 1. The molecule has 2 saturated heterocycles. The van der Waals surface area contributed by atoms with Gasteiger partial charge in [0.2, 0.25) is 0 Å². The van der Waals surface area contributed by atoms with E-state index in [1.807, 2.05) is 19.1 Å². The number of nitrogens with zero attached hydrogens (tertiary/aromatic N) is 2. The van der Waals surface area contributed by atoms with Gasteiger partial charge in [0.25, 0.3) is 5.91 Å². The van der Waals surface area contributed by atoms with Crippen LogP contribution in [0.15, 0.2) is 30.3 Å². The van der Waals surface area contributed by atoms with Crippen LogP contribution in [0, 0.1) is 6.92 Å². The summed E-state index contributed by atoms with van der Waals surface area (Å²) in [5.41, 5.74) is 5.61. The molecule has 3 N–H and O–H groups in total. The van der Waals surface area contributed by atoms with Crippen LogP contribution >= 0.6 is 12.4 Å². The van der Waals surface area contributed by atoms with Crippen LogP contribution in [0.3, 0.4) is 0 Å². The zero-order valence-corrected chi connectivity index (χ0v) is 20.5. The van der Waals surface area contributed by atoms with Gasteiger partial charge in [-0.1, -0.05) is 6.07 Å². The molecule has 2 aliphatic heterocycles. The summed E-state index contributed by atoms with van der Waals surface area (Å²) in [6.45, 7) is 6.99. The molecule has 0 unspecified atom stereocenters. The van der Waals surface area contributed by atoms with Gasteiger partial charge in [0.05, 0.1) is 41.1 Å². The largest absolute Gasteiger partial charge is 0.489 e. The van der Waals surface area contributed by atoms with E-state index in [0.717, 1.165) is 91.4 Å². The lowest BCUT2D eigenvalue weighted by atomic mass is 9.99. The summed E-state index contributed by atoms with van der Waals surface area (Å²) in [7, 11) is 1.67. The molecular weight excluding hydrogens is 454 g/mol. The molecule has 1 amide bonds. The van der Waals surface area contributed by atoms with E-state index < -0.39 is 0 Å². The first-order valence-corrected chi connectivity index (χ1v) is 11.7. The van der Waals surface area contributed by atoms with Crippen molar-refractivity contribution in [3.63, 3.8) is 0 Å². The number of halogens is 1. The topological polar surface area (TPSA) is 91.5 Å². The van der Waals surface area contributed by atoms with Crippen molar-refractivity contribution in [2.24, 2.45) is 0 Å². The number of fused-ring (bicyclic) bond motifs is 1. The van der Waals surface area contributed by atoms with Gasteiger partial charge >= 0.3 is 0 Å². The highest BCUT2D eigenvalue weighted by molar-refractivity contribution is 6.01. The molecule has 0 atom stereocenters. The maximum absolute atomic E-state index is 12.6. The van der Waals surface area contributed by atoms with E-state index in [4.69, 9.17) is 9.47 Å². The fourth-order valence-electron chi connectivity index (χ4n) is 4.72. The van der Waals surface area contributed by atoms with Gasteiger partial charge in [-0.05, 0) is 42.3 Å². The Hall–Kier alpha value is -2.81. The van der Waals surface area contributed by atoms with Crippen molar-refractivity contribution in [2.75, 3.05) is 51.3 Å². The summed E-state index contributed by atoms with van der Waals surface area (Å²) in [5.74, 6) is 0.776. The number of benzene rings is 2. The number of aryl methyl sites for hydroxylation is 1. The zero-order valence-electron chi connectivity index (χ0n) is 19.6. The predicted molar refractivity (Wildman–Crippen MR) is 136 cm³/mol. The lowest BCUT2D eigenvalue weighted by Gasteiger charge is -2.31. The van der Waals surface area contributed by atoms with Crippen molar-refractivity contribution in [2.45, 2.75) is 25.9 Å². The maximum Gasteiger partial charge on any atom is 0.253 e. The first-order chi connectivity index (χ1) is 16.1. The molecule has 0 spiro atoms. The minimum atomic E-state index is -0.0710. The summed E-state index contributed by atoms with van der Waals surface area (Å²) < 4.78 is 12.0. The van der Waals surface area contributed by atoms with E-state index >= 15 is 0 Å². The first-order valence-electron chi connectivity index (χ1n) is 11.7. The van der Waals surface area contributed by atoms with Crippen molar-refractivity contribution in [1.82, 2.24) is 20.8 Å². The summed E-state index contributed by atoms with van der Waals surface area (Å²) in [6.07, 6.45) is 1.91. The van der Waals surface area contributed by atoms with Gasteiger partial charge in [0.15, 0.2) is 0 Å². The van der Waals surface area contributed by atoms with Crippen molar-refractivity contribution in [3.8, 4) is 16.9 Å². The number of anilines is 1. The monoisotopic (exact) mass is 485 g/mol. The van der Waals surface area contributed by atoms with Gasteiger partial charge in [-0.25, -0.2) is 0 Å². The number of hydrogen-bond donors (Lipinski definition) is 3. The highest BCUT2D eigenvalue weighted by atomic mass is 35.5. The number of aromatic nitrogens is 2. The van der Waals surface area contributed by atoms with Crippen LogP contribution in [0.1, 0.15) is 28.9 Å². The molecule has 0 saturated carbocycles. The Morgan fingerprint density at radius 3 is 2.65 bits per heavy atom. The second kappa shape index (κ2) is 10.6. The quantitative estimate of drug-likeness (QED) is 0.513. The van der Waals surface area contributed by atoms with Crippen LogP contribution in [-0.4, -0.2) is 68.6 Å². The van der Waals surface area contributed by atoms with Crippen LogP contribution in [0.25, 0.3) is 22.0 Å². The normalized spacial score (nSPS) is 16.8. The number of hydrogen-bond acceptors (Lipinski definition) is 6. The third-order valence-electron chi connectivity index (χ3n) is 6.53. The second-order valence-corrected chi connectivity index (χ2v) is 8.68. The fourth-order valence-corrected chi connectivity index (χ4v) is 4.72. The highest BCUT2D eigenvalue weighted by Crippen LogP contribution is 2.36. The summed E-state index contributed by atoms with van der Waals surface area (Å²) in [5, 5.41) is 14.8. The number of aromatic amines is 1. The van der Waals surface area contributed by atoms with Gasteiger partial charge in [-0.3, -0.25) is 9.89 Å². The van der Waals surface area contributed by atoms with E-state index in [1.165, 1.54) is 0 Å².